The third-order valence-electron chi connectivity index (χ3n) is 6.51. The minimum Gasteiger partial charge on any atom is -0.493 e. The number of hydrogen-bond acceptors (Lipinski definition) is 4. The van der Waals surface area contributed by atoms with Crippen molar-refractivity contribution in [2.75, 3.05) is 26.8 Å². The van der Waals surface area contributed by atoms with Crippen LogP contribution in [-0.4, -0.2) is 37.7 Å². The van der Waals surface area contributed by atoms with Gasteiger partial charge >= 0.3 is 5.97 Å². The van der Waals surface area contributed by atoms with Crippen molar-refractivity contribution >= 4 is 29.2 Å². The monoisotopic (exact) mass is 479 g/mol. The van der Waals surface area contributed by atoms with Crippen LogP contribution in [0.1, 0.15) is 58.6 Å². The highest BCUT2D eigenvalue weighted by atomic mass is 35.5. The fourth-order valence-electron chi connectivity index (χ4n) is 4.30. The van der Waals surface area contributed by atoms with E-state index in [0.717, 1.165) is 62.0 Å². The van der Waals surface area contributed by atoms with E-state index in [1.165, 1.54) is 13.2 Å². The molecule has 0 bridgehead atoms. The van der Waals surface area contributed by atoms with Crippen LogP contribution in [0.3, 0.4) is 0 Å². The van der Waals surface area contributed by atoms with Crippen LogP contribution >= 0.6 is 23.2 Å². The lowest BCUT2D eigenvalue weighted by atomic mass is 9.96. The molecular formula is C25H28Cl2FNO3. The van der Waals surface area contributed by atoms with Crippen molar-refractivity contribution in [2.45, 2.75) is 45.1 Å². The second kappa shape index (κ2) is 9.98. The van der Waals surface area contributed by atoms with Crippen LogP contribution in [0.4, 0.5) is 4.39 Å². The van der Waals surface area contributed by atoms with Gasteiger partial charge in [0.2, 0.25) is 0 Å². The van der Waals surface area contributed by atoms with Gasteiger partial charge in [0, 0.05) is 22.7 Å². The fourth-order valence-corrected chi connectivity index (χ4v) is 4.84. The summed E-state index contributed by atoms with van der Waals surface area (Å²) >= 11 is 12.4. The van der Waals surface area contributed by atoms with E-state index in [4.69, 9.17) is 32.7 Å². The molecule has 0 N–H and O–H groups in total. The van der Waals surface area contributed by atoms with Gasteiger partial charge in [-0.05, 0) is 92.4 Å². The van der Waals surface area contributed by atoms with Crippen LogP contribution in [0.2, 0.25) is 10.0 Å². The summed E-state index contributed by atoms with van der Waals surface area (Å²) in [6, 6.07) is 6.72. The molecule has 32 heavy (non-hydrogen) atoms. The largest absolute Gasteiger partial charge is 0.493 e. The Morgan fingerprint density at radius 1 is 1.12 bits per heavy atom. The van der Waals surface area contributed by atoms with Gasteiger partial charge < -0.3 is 9.47 Å². The van der Waals surface area contributed by atoms with Crippen molar-refractivity contribution in [3.8, 4) is 5.75 Å². The number of piperidine rings is 1. The molecule has 1 aliphatic carbocycles. The Morgan fingerprint density at radius 2 is 1.84 bits per heavy atom. The van der Waals surface area contributed by atoms with Crippen molar-refractivity contribution in [1.29, 1.82) is 0 Å². The topological polar surface area (TPSA) is 38.8 Å². The van der Waals surface area contributed by atoms with Gasteiger partial charge in [0.1, 0.15) is 11.6 Å². The fraction of sp³-hybridized carbons (Fsp3) is 0.480. The number of esters is 1. The first-order valence-electron chi connectivity index (χ1n) is 11.1. The lowest BCUT2D eigenvalue weighted by Crippen LogP contribution is -2.35. The molecule has 2 aromatic carbocycles. The van der Waals surface area contributed by atoms with Crippen molar-refractivity contribution in [2.24, 2.45) is 5.92 Å². The Morgan fingerprint density at radius 3 is 2.50 bits per heavy atom. The predicted octanol–water partition coefficient (Wildman–Crippen LogP) is 6.40. The van der Waals surface area contributed by atoms with E-state index in [1.807, 2.05) is 13.0 Å². The zero-order valence-electron chi connectivity index (χ0n) is 18.4. The van der Waals surface area contributed by atoms with Crippen LogP contribution < -0.4 is 4.74 Å². The van der Waals surface area contributed by atoms with E-state index in [1.54, 1.807) is 12.1 Å². The highest BCUT2D eigenvalue weighted by molar-refractivity contribution is 6.35. The number of carbonyl (C=O) groups excluding carboxylic acids is 1. The highest BCUT2D eigenvalue weighted by Crippen LogP contribution is 2.45. The Labute approximate surface area is 198 Å². The minimum absolute atomic E-state index is 0.0218. The van der Waals surface area contributed by atoms with Gasteiger partial charge in [-0.3, -0.25) is 4.90 Å². The number of likely N-dealkylation sites (tertiary alicyclic amines) is 1. The molecule has 1 saturated heterocycles. The smallest absolute Gasteiger partial charge is 0.340 e. The van der Waals surface area contributed by atoms with Crippen molar-refractivity contribution in [3.05, 3.63) is 62.4 Å². The Balaban J connectivity index is 1.34. The van der Waals surface area contributed by atoms with Crippen molar-refractivity contribution in [3.63, 3.8) is 0 Å². The van der Waals surface area contributed by atoms with Crippen molar-refractivity contribution < 1.29 is 18.7 Å². The summed E-state index contributed by atoms with van der Waals surface area (Å²) in [6.45, 7) is 5.32. The lowest BCUT2D eigenvalue weighted by molar-refractivity contribution is 0.0595. The SMILES string of the molecule is COC(=O)c1cc(C2CC2)c(OCC2CCN(Cc3cc(Cl)cc(Cl)c3C)CC2)cc1F. The van der Waals surface area contributed by atoms with Gasteiger partial charge in [0.05, 0.1) is 19.3 Å². The summed E-state index contributed by atoms with van der Waals surface area (Å²) in [5.74, 6) is 0.0553. The first-order valence-corrected chi connectivity index (χ1v) is 11.8. The minimum atomic E-state index is -0.653. The summed E-state index contributed by atoms with van der Waals surface area (Å²) in [7, 11) is 1.26. The Bertz CT molecular complexity index is 1000. The molecule has 1 saturated carbocycles. The first-order chi connectivity index (χ1) is 15.4. The number of methoxy groups -OCH3 is 1. The molecule has 1 heterocycles. The first kappa shape index (κ1) is 23.3. The van der Waals surface area contributed by atoms with Gasteiger partial charge in [-0.1, -0.05) is 23.2 Å². The van der Waals surface area contributed by atoms with Gasteiger partial charge in [-0.2, -0.15) is 0 Å². The second-order valence-corrected chi connectivity index (χ2v) is 9.68. The van der Waals surface area contributed by atoms with Crippen LogP contribution in [0.15, 0.2) is 24.3 Å². The summed E-state index contributed by atoms with van der Waals surface area (Å²) < 4.78 is 25.2. The molecule has 0 atom stereocenters. The van der Waals surface area contributed by atoms with Gasteiger partial charge in [0.15, 0.2) is 0 Å². The molecule has 172 valence electrons. The maximum Gasteiger partial charge on any atom is 0.340 e. The van der Waals surface area contributed by atoms with E-state index in [0.29, 0.717) is 34.2 Å². The lowest BCUT2D eigenvalue weighted by Gasteiger charge is -2.32. The van der Waals surface area contributed by atoms with E-state index < -0.39 is 11.8 Å². The van der Waals surface area contributed by atoms with Crippen LogP contribution in [0.5, 0.6) is 5.75 Å². The molecule has 0 unspecified atom stereocenters. The summed E-state index contributed by atoms with van der Waals surface area (Å²) in [4.78, 5) is 14.3. The summed E-state index contributed by atoms with van der Waals surface area (Å²) in [5.41, 5.74) is 3.13. The van der Waals surface area contributed by atoms with E-state index in [-0.39, 0.29) is 5.56 Å². The average Bonchev–Trinajstić information content (AvgIpc) is 3.61. The Hall–Kier alpha value is -1.82. The normalized spacial score (nSPS) is 17.4. The molecule has 0 spiro atoms. The molecule has 2 aliphatic rings. The maximum atomic E-state index is 14.5. The molecule has 2 fully saturated rings. The highest BCUT2D eigenvalue weighted by Gasteiger charge is 2.30. The molecular weight excluding hydrogens is 452 g/mol. The third kappa shape index (κ3) is 5.38. The van der Waals surface area contributed by atoms with E-state index in [9.17, 15) is 9.18 Å². The molecule has 2 aromatic rings. The summed E-state index contributed by atoms with van der Waals surface area (Å²) in [5, 5.41) is 1.36. The molecule has 0 amide bonds. The molecule has 0 aromatic heterocycles. The van der Waals surface area contributed by atoms with Gasteiger partial charge in [-0.15, -0.1) is 0 Å². The van der Waals surface area contributed by atoms with Crippen molar-refractivity contribution in [1.82, 2.24) is 4.90 Å². The average molecular weight is 480 g/mol. The number of carbonyl (C=O) groups is 1. The maximum absolute atomic E-state index is 14.5. The van der Waals surface area contributed by atoms with Gasteiger partial charge in [-0.25, -0.2) is 9.18 Å². The third-order valence-corrected chi connectivity index (χ3v) is 7.13. The quantitative estimate of drug-likeness (QED) is 0.430. The van der Waals surface area contributed by atoms with Gasteiger partial charge in [0.25, 0.3) is 0 Å². The predicted molar refractivity (Wildman–Crippen MR) is 124 cm³/mol. The number of nitrogens with zero attached hydrogens (tertiary/aromatic N) is 1. The van der Waals surface area contributed by atoms with E-state index in [2.05, 4.69) is 4.90 Å². The van der Waals surface area contributed by atoms with E-state index >= 15 is 0 Å². The number of hydrogen-bond donors (Lipinski definition) is 0. The van der Waals surface area contributed by atoms with Crippen LogP contribution in [0.25, 0.3) is 0 Å². The number of halogens is 3. The second-order valence-electron chi connectivity index (χ2n) is 8.84. The number of rotatable bonds is 7. The summed E-state index contributed by atoms with van der Waals surface area (Å²) in [6.07, 6.45) is 4.09. The molecule has 7 heteroatoms. The van der Waals surface area contributed by atoms with Crippen LogP contribution in [0, 0.1) is 18.7 Å². The zero-order valence-corrected chi connectivity index (χ0v) is 19.9. The molecule has 1 aliphatic heterocycles. The molecule has 4 nitrogen and oxygen atoms in total. The molecule has 4 rings (SSSR count). The molecule has 0 radical (unpaired) electrons. The zero-order chi connectivity index (χ0) is 22.8. The Kier molecular flexibility index (Phi) is 7.28. The van der Waals surface area contributed by atoms with Crippen LogP contribution in [-0.2, 0) is 11.3 Å². The number of ether oxygens (including phenoxy) is 2. The number of benzene rings is 2. The standard InChI is InChI=1S/C25H28Cl2FNO3/c1-15-18(9-19(26)10-22(15)27)13-29-7-5-16(6-8-29)14-32-24-12-23(28)21(25(30)31-2)11-20(24)17-3-4-17/h9-12,16-17H,3-8,13-14H2,1-2H3.